The van der Waals surface area contributed by atoms with Crippen molar-refractivity contribution in [2.45, 2.75) is 13.3 Å². The minimum Gasteiger partial charge on any atom is -0.356 e. The zero-order valence-corrected chi connectivity index (χ0v) is 13.2. The van der Waals surface area contributed by atoms with Crippen LogP contribution in [0.5, 0.6) is 0 Å². The minimum atomic E-state index is -0.176. The first-order valence-corrected chi connectivity index (χ1v) is 7.79. The van der Waals surface area contributed by atoms with Crippen LogP contribution in [-0.4, -0.2) is 16.0 Å². The van der Waals surface area contributed by atoms with Crippen LogP contribution in [0.1, 0.15) is 11.4 Å². The smallest absolute Gasteiger partial charge is 0.232 e. The summed E-state index contributed by atoms with van der Waals surface area (Å²) >= 11 is 7.24. The van der Waals surface area contributed by atoms with Crippen LogP contribution in [0.4, 0.5) is 5.13 Å². The fraction of sp³-hybridized carbons (Fsp3) is 0.133. The van der Waals surface area contributed by atoms with Gasteiger partial charge in [-0.1, -0.05) is 16.8 Å². The predicted octanol–water partition coefficient (Wildman–Crippen LogP) is 3.94. The quantitative estimate of drug-likeness (QED) is 0.785. The highest BCUT2D eigenvalue weighted by Crippen LogP contribution is 2.22. The Bertz CT molecular complexity index is 795. The van der Waals surface area contributed by atoms with E-state index in [4.69, 9.17) is 16.1 Å². The van der Waals surface area contributed by atoms with Gasteiger partial charge >= 0.3 is 0 Å². The van der Waals surface area contributed by atoms with Crippen molar-refractivity contribution < 1.29 is 9.32 Å². The lowest BCUT2D eigenvalue weighted by Gasteiger charge is -1.98. The summed E-state index contributed by atoms with van der Waals surface area (Å²) in [6, 6.07) is 8.97. The average Bonchev–Trinajstić information content (AvgIpc) is 3.09. The molecule has 0 saturated carbocycles. The van der Waals surface area contributed by atoms with E-state index in [1.54, 1.807) is 18.2 Å². The molecule has 1 aromatic carbocycles. The van der Waals surface area contributed by atoms with Crippen LogP contribution in [0.25, 0.3) is 11.3 Å². The molecule has 0 unspecified atom stereocenters. The molecule has 7 heteroatoms. The topological polar surface area (TPSA) is 68.0 Å². The van der Waals surface area contributed by atoms with Gasteiger partial charge in [-0.3, -0.25) is 4.79 Å². The maximum atomic E-state index is 11.9. The maximum absolute atomic E-state index is 11.9. The molecule has 2 aromatic heterocycles. The third kappa shape index (κ3) is 3.52. The van der Waals surface area contributed by atoms with Crippen molar-refractivity contribution in [2.75, 3.05) is 5.32 Å². The van der Waals surface area contributed by atoms with Gasteiger partial charge in [0.2, 0.25) is 5.91 Å². The third-order valence-corrected chi connectivity index (χ3v) is 4.02. The number of rotatable bonds is 4. The molecule has 0 saturated heterocycles. The molecule has 0 bridgehead atoms. The van der Waals surface area contributed by atoms with E-state index in [1.807, 2.05) is 24.4 Å². The number of amides is 1. The zero-order chi connectivity index (χ0) is 15.5. The van der Waals surface area contributed by atoms with E-state index < -0.39 is 0 Å². The summed E-state index contributed by atoms with van der Waals surface area (Å²) in [5, 5.41) is 9.77. The normalized spacial score (nSPS) is 10.6. The largest absolute Gasteiger partial charge is 0.356 e. The second-order valence-electron chi connectivity index (χ2n) is 4.71. The molecule has 0 fully saturated rings. The molecule has 2 heterocycles. The number of aromatic nitrogens is 2. The minimum absolute atomic E-state index is 0.135. The number of anilines is 1. The fourth-order valence-corrected chi connectivity index (χ4v) is 2.72. The first-order chi connectivity index (χ1) is 10.6. The molecule has 0 atom stereocenters. The number of carbonyl (C=O) groups excluding carboxylic acids is 1. The zero-order valence-electron chi connectivity index (χ0n) is 11.7. The number of hydrogen-bond acceptors (Lipinski definition) is 5. The monoisotopic (exact) mass is 333 g/mol. The van der Waals surface area contributed by atoms with Crippen LogP contribution >= 0.6 is 22.9 Å². The molecule has 5 nitrogen and oxygen atoms in total. The van der Waals surface area contributed by atoms with Gasteiger partial charge in [0.05, 0.1) is 17.8 Å². The highest BCUT2D eigenvalue weighted by molar-refractivity contribution is 7.13. The summed E-state index contributed by atoms with van der Waals surface area (Å²) in [4.78, 5) is 16.1. The van der Waals surface area contributed by atoms with Crippen LogP contribution in [0.2, 0.25) is 5.02 Å². The van der Waals surface area contributed by atoms with Gasteiger partial charge in [-0.05, 0) is 31.2 Å². The summed E-state index contributed by atoms with van der Waals surface area (Å²) in [7, 11) is 0. The van der Waals surface area contributed by atoms with Crippen molar-refractivity contribution in [1.82, 2.24) is 10.1 Å². The van der Waals surface area contributed by atoms with E-state index in [9.17, 15) is 4.79 Å². The van der Waals surface area contributed by atoms with Gasteiger partial charge in [0.15, 0.2) is 10.9 Å². The lowest BCUT2D eigenvalue weighted by Crippen LogP contribution is -2.14. The van der Waals surface area contributed by atoms with Gasteiger partial charge < -0.3 is 9.84 Å². The van der Waals surface area contributed by atoms with Gasteiger partial charge in [0, 0.05) is 22.0 Å². The number of thiazole rings is 1. The number of aryl methyl sites for hydroxylation is 1. The molecule has 22 heavy (non-hydrogen) atoms. The molecule has 0 aliphatic carbocycles. The molecule has 3 aromatic rings. The van der Waals surface area contributed by atoms with E-state index in [2.05, 4.69) is 15.5 Å². The second kappa shape index (κ2) is 6.29. The number of nitrogens with zero attached hydrogens (tertiary/aromatic N) is 2. The summed E-state index contributed by atoms with van der Waals surface area (Å²) in [5.41, 5.74) is 2.31. The van der Waals surface area contributed by atoms with E-state index in [0.717, 1.165) is 11.3 Å². The van der Waals surface area contributed by atoms with Crippen molar-refractivity contribution in [2.24, 2.45) is 0 Å². The van der Waals surface area contributed by atoms with E-state index in [-0.39, 0.29) is 12.3 Å². The molecule has 112 valence electrons. The Morgan fingerprint density at radius 2 is 2.14 bits per heavy atom. The number of nitrogens with one attached hydrogen (secondary N) is 1. The number of hydrogen-bond donors (Lipinski definition) is 1. The van der Waals surface area contributed by atoms with E-state index in [0.29, 0.717) is 21.6 Å². The van der Waals surface area contributed by atoms with Crippen molar-refractivity contribution in [3.63, 3.8) is 0 Å². The van der Waals surface area contributed by atoms with E-state index >= 15 is 0 Å². The van der Waals surface area contributed by atoms with Crippen molar-refractivity contribution >= 4 is 34.0 Å². The first kappa shape index (κ1) is 14.7. The van der Waals surface area contributed by atoms with Crippen LogP contribution in [0.15, 0.2) is 40.2 Å². The van der Waals surface area contributed by atoms with Gasteiger partial charge in [-0.15, -0.1) is 11.3 Å². The van der Waals surface area contributed by atoms with Gasteiger partial charge in [-0.25, -0.2) is 4.98 Å². The molecule has 0 radical (unpaired) electrons. The Labute approximate surface area is 135 Å². The lowest BCUT2D eigenvalue weighted by atomic mass is 10.1. The number of benzene rings is 1. The molecule has 0 aliphatic rings. The number of halogens is 1. The molecule has 1 N–H and O–H groups in total. The molecule has 1 amide bonds. The summed E-state index contributed by atoms with van der Waals surface area (Å²) in [6.07, 6.45) is 0.135. The predicted molar refractivity (Wildman–Crippen MR) is 86.1 cm³/mol. The maximum Gasteiger partial charge on any atom is 0.232 e. The third-order valence-electron chi connectivity index (χ3n) is 2.89. The SMILES string of the molecule is Cc1csc(NC(=O)Cc2cc(-c3ccc(Cl)cc3)on2)n1. The van der Waals surface area contributed by atoms with Gasteiger partial charge in [-0.2, -0.15) is 0 Å². The Balaban J connectivity index is 1.66. The molecule has 3 rings (SSSR count). The summed E-state index contributed by atoms with van der Waals surface area (Å²) in [5.74, 6) is 0.426. The van der Waals surface area contributed by atoms with Crippen LogP contribution in [0, 0.1) is 6.92 Å². The van der Waals surface area contributed by atoms with Crippen molar-refractivity contribution in [3.05, 3.63) is 52.1 Å². The second-order valence-corrected chi connectivity index (χ2v) is 6.00. The summed E-state index contributed by atoms with van der Waals surface area (Å²) in [6.45, 7) is 1.88. The van der Waals surface area contributed by atoms with Crippen LogP contribution < -0.4 is 5.32 Å². The van der Waals surface area contributed by atoms with Crippen LogP contribution in [-0.2, 0) is 11.2 Å². The Morgan fingerprint density at radius 3 is 2.82 bits per heavy atom. The van der Waals surface area contributed by atoms with Crippen molar-refractivity contribution in [1.29, 1.82) is 0 Å². The highest BCUT2D eigenvalue weighted by atomic mass is 35.5. The molecule has 0 aliphatic heterocycles. The molecular weight excluding hydrogens is 322 g/mol. The van der Waals surface area contributed by atoms with Crippen molar-refractivity contribution in [3.8, 4) is 11.3 Å². The first-order valence-electron chi connectivity index (χ1n) is 6.53. The molecular formula is C15H12ClN3O2S. The van der Waals surface area contributed by atoms with Gasteiger partial charge in [0.25, 0.3) is 0 Å². The lowest BCUT2D eigenvalue weighted by molar-refractivity contribution is -0.115. The highest BCUT2D eigenvalue weighted by Gasteiger charge is 2.12. The average molecular weight is 334 g/mol. The standard InChI is InChI=1S/C15H12ClN3O2S/c1-9-8-22-15(17-9)18-14(20)7-12-6-13(21-19-12)10-2-4-11(16)5-3-10/h2-6,8H,7H2,1H3,(H,17,18,20). The summed E-state index contributed by atoms with van der Waals surface area (Å²) < 4.78 is 5.26. The Hall–Kier alpha value is -2.18. The van der Waals surface area contributed by atoms with E-state index in [1.165, 1.54) is 11.3 Å². The Morgan fingerprint density at radius 1 is 1.36 bits per heavy atom. The Kier molecular flexibility index (Phi) is 4.22. The molecule has 0 spiro atoms. The number of carbonyl (C=O) groups is 1. The fourth-order valence-electron chi connectivity index (χ4n) is 1.88. The van der Waals surface area contributed by atoms with Gasteiger partial charge in [0.1, 0.15) is 0 Å². The van der Waals surface area contributed by atoms with Crippen LogP contribution in [0.3, 0.4) is 0 Å².